The molecule has 0 saturated heterocycles. The number of benzene rings is 1. The molecule has 10 heteroatoms. The van der Waals surface area contributed by atoms with E-state index in [2.05, 4.69) is 25.6 Å². The number of aromatic nitrogens is 5. The van der Waals surface area contributed by atoms with Crippen LogP contribution in [0.1, 0.15) is 34.0 Å². The van der Waals surface area contributed by atoms with Crippen molar-refractivity contribution in [3.8, 4) is 5.69 Å². The molecule has 0 unspecified atom stereocenters. The SMILES string of the molecule is COCCCNC(=O)c1nnn(-c2ccc(Cl)cc2)c1CSc1nc(C)cc(C)n1. The Bertz CT molecular complexity index is 989. The molecule has 0 radical (unpaired) electrons. The fraction of sp³-hybridized carbons (Fsp3) is 0.350. The lowest BCUT2D eigenvalue weighted by atomic mass is 10.2. The van der Waals surface area contributed by atoms with E-state index in [1.54, 1.807) is 23.9 Å². The first-order chi connectivity index (χ1) is 14.5. The van der Waals surface area contributed by atoms with Crippen molar-refractivity contribution in [2.75, 3.05) is 20.3 Å². The molecule has 1 N–H and O–H groups in total. The third kappa shape index (κ3) is 5.78. The Hall–Kier alpha value is -2.49. The molecule has 0 saturated carbocycles. The highest BCUT2D eigenvalue weighted by atomic mass is 35.5. The van der Waals surface area contributed by atoms with E-state index in [1.807, 2.05) is 32.0 Å². The normalized spacial score (nSPS) is 10.9. The first kappa shape index (κ1) is 22.2. The monoisotopic (exact) mass is 446 g/mol. The molecule has 8 nitrogen and oxygen atoms in total. The number of carbonyl (C=O) groups is 1. The Morgan fingerprint density at radius 2 is 1.90 bits per heavy atom. The number of aryl methyl sites for hydroxylation is 2. The molecule has 3 aromatic rings. The second kappa shape index (κ2) is 10.5. The summed E-state index contributed by atoms with van der Waals surface area (Å²) in [5.74, 6) is 0.155. The van der Waals surface area contributed by atoms with Crippen LogP contribution >= 0.6 is 23.4 Å². The highest BCUT2D eigenvalue weighted by Crippen LogP contribution is 2.24. The number of thioether (sulfide) groups is 1. The maximum atomic E-state index is 12.7. The molecule has 0 aliphatic rings. The van der Waals surface area contributed by atoms with Gasteiger partial charge in [0, 0.05) is 42.4 Å². The summed E-state index contributed by atoms with van der Waals surface area (Å²) in [6, 6.07) is 9.13. The molecule has 1 amide bonds. The molecule has 0 spiro atoms. The van der Waals surface area contributed by atoms with Gasteiger partial charge in [-0.1, -0.05) is 28.6 Å². The molecule has 0 atom stereocenters. The van der Waals surface area contributed by atoms with Crippen molar-refractivity contribution >= 4 is 29.3 Å². The minimum atomic E-state index is -0.275. The molecule has 158 valence electrons. The highest BCUT2D eigenvalue weighted by Gasteiger charge is 2.21. The number of halogens is 1. The predicted octanol–water partition coefficient (Wildman–Crippen LogP) is 3.39. The van der Waals surface area contributed by atoms with E-state index < -0.39 is 0 Å². The summed E-state index contributed by atoms with van der Waals surface area (Å²) in [4.78, 5) is 21.6. The zero-order valence-electron chi connectivity index (χ0n) is 17.1. The minimum absolute atomic E-state index is 0.275. The second-order valence-corrected chi connectivity index (χ2v) is 7.98. The van der Waals surface area contributed by atoms with Crippen molar-refractivity contribution in [3.05, 3.63) is 58.1 Å². The lowest BCUT2D eigenvalue weighted by molar-refractivity contribution is 0.0943. The van der Waals surface area contributed by atoms with E-state index in [0.717, 1.165) is 17.1 Å². The van der Waals surface area contributed by atoms with Gasteiger partial charge in [0.25, 0.3) is 5.91 Å². The van der Waals surface area contributed by atoms with Crippen molar-refractivity contribution in [1.29, 1.82) is 0 Å². The zero-order valence-corrected chi connectivity index (χ0v) is 18.6. The van der Waals surface area contributed by atoms with Gasteiger partial charge in [0.1, 0.15) is 0 Å². The Labute approximate surface area is 184 Å². The van der Waals surface area contributed by atoms with Gasteiger partial charge >= 0.3 is 0 Å². The molecule has 0 aliphatic heterocycles. The number of hydrogen-bond acceptors (Lipinski definition) is 7. The minimum Gasteiger partial charge on any atom is -0.385 e. The van der Waals surface area contributed by atoms with E-state index in [4.69, 9.17) is 16.3 Å². The van der Waals surface area contributed by atoms with Gasteiger partial charge in [-0.15, -0.1) is 5.10 Å². The van der Waals surface area contributed by atoms with Crippen LogP contribution in [0.3, 0.4) is 0 Å². The van der Waals surface area contributed by atoms with Crippen molar-refractivity contribution in [2.24, 2.45) is 0 Å². The second-order valence-electron chi connectivity index (χ2n) is 6.60. The van der Waals surface area contributed by atoms with Crippen molar-refractivity contribution in [1.82, 2.24) is 30.3 Å². The summed E-state index contributed by atoms with van der Waals surface area (Å²) in [6.07, 6.45) is 0.716. The molecule has 2 heterocycles. The van der Waals surface area contributed by atoms with Gasteiger partial charge in [0.2, 0.25) is 0 Å². The third-order valence-corrected chi connectivity index (χ3v) is 5.27. The molecule has 0 aliphatic carbocycles. The van der Waals surface area contributed by atoms with Crippen LogP contribution in [0.2, 0.25) is 5.02 Å². The van der Waals surface area contributed by atoms with Gasteiger partial charge in [-0.3, -0.25) is 4.79 Å². The Kier molecular flexibility index (Phi) is 7.78. The van der Waals surface area contributed by atoms with Crippen molar-refractivity contribution in [3.63, 3.8) is 0 Å². The Morgan fingerprint density at radius 3 is 2.57 bits per heavy atom. The number of nitrogens with one attached hydrogen (secondary N) is 1. The number of methoxy groups -OCH3 is 1. The third-order valence-electron chi connectivity index (χ3n) is 4.16. The molecule has 30 heavy (non-hydrogen) atoms. The van der Waals surface area contributed by atoms with Crippen LogP contribution in [0.5, 0.6) is 0 Å². The van der Waals surface area contributed by atoms with E-state index in [0.29, 0.717) is 41.2 Å². The number of hydrogen-bond donors (Lipinski definition) is 1. The lowest BCUT2D eigenvalue weighted by Gasteiger charge is -2.09. The Morgan fingerprint density at radius 1 is 1.20 bits per heavy atom. The number of ether oxygens (including phenoxy) is 1. The fourth-order valence-electron chi connectivity index (χ4n) is 2.79. The van der Waals surface area contributed by atoms with Crippen LogP contribution in [-0.2, 0) is 10.5 Å². The summed E-state index contributed by atoms with van der Waals surface area (Å²) in [5, 5.41) is 12.5. The maximum absolute atomic E-state index is 12.7. The molecular formula is C20H23ClN6O2S. The summed E-state index contributed by atoms with van der Waals surface area (Å²) < 4.78 is 6.67. The molecule has 3 rings (SSSR count). The van der Waals surface area contributed by atoms with Gasteiger partial charge in [0.15, 0.2) is 10.9 Å². The molecule has 1 aromatic carbocycles. The van der Waals surface area contributed by atoms with E-state index in [9.17, 15) is 4.79 Å². The molecule has 0 bridgehead atoms. The van der Waals surface area contributed by atoms with E-state index >= 15 is 0 Å². The van der Waals surface area contributed by atoms with Gasteiger partial charge in [0.05, 0.1) is 11.4 Å². The van der Waals surface area contributed by atoms with Gasteiger partial charge in [-0.25, -0.2) is 14.6 Å². The van der Waals surface area contributed by atoms with E-state index in [-0.39, 0.29) is 11.6 Å². The van der Waals surface area contributed by atoms with Crippen molar-refractivity contribution < 1.29 is 9.53 Å². The highest BCUT2D eigenvalue weighted by molar-refractivity contribution is 7.98. The Balaban J connectivity index is 1.87. The van der Waals surface area contributed by atoms with Crippen LogP contribution in [0.25, 0.3) is 5.69 Å². The van der Waals surface area contributed by atoms with Crippen molar-refractivity contribution in [2.45, 2.75) is 31.2 Å². The van der Waals surface area contributed by atoms with Gasteiger partial charge in [-0.05, 0) is 50.6 Å². The molecule has 2 aromatic heterocycles. The van der Waals surface area contributed by atoms with Gasteiger partial charge in [-0.2, -0.15) is 0 Å². The average Bonchev–Trinajstić information content (AvgIpc) is 3.13. The summed E-state index contributed by atoms with van der Waals surface area (Å²) in [7, 11) is 1.63. The number of nitrogens with zero attached hydrogens (tertiary/aromatic N) is 5. The zero-order chi connectivity index (χ0) is 21.5. The smallest absolute Gasteiger partial charge is 0.273 e. The summed E-state index contributed by atoms with van der Waals surface area (Å²) in [6.45, 7) is 4.92. The summed E-state index contributed by atoms with van der Waals surface area (Å²) in [5.41, 5.74) is 3.49. The largest absolute Gasteiger partial charge is 0.385 e. The molecule has 0 fully saturated rings. The fourth-order valence-corrected chi connectivity index (χ4v) is 3.86. The topological polar surface area (TPSA) is 94.8 Å². The average molecular weight is 447 g/mol. The van der Waals surface area contributed by atoms with Crippen LogP contribution in [0, 0.1) is 13.8 Å². The van der Waals surface area contributed by atoms with Gasteiger partial charge < -0.3 is 10.1 Å². The first-order valence-electron chi connectivity index (χ1n) is 9.40. The summed E-state index contributed by atoms with van der Waals surface area (Å²) >= 11 is 7.44. The lowest BCUT2D eigenvalue weighted by Crippen LogP contribution is -2.26. The predicted molar refractivity (Wildman–Crippen MR) is 116 cm³/mol. The first-order valence-corrected chi connectivity index (χ1v) is 10.8. The quantitative estimate of drug-likeness (QED) is 0.306. The standard InChI is InChI=1S/C20H23ClN6O2S/c1-13-11-14(2)24-20(23-13)30-12-17-18(19(28)22-9-4-10-29-3)25-26-27(17)16-7-5-15(21)6-8-16/h5-8,11H,4,9-10,12H2,1-3H3,(H,22,28). The maximum Gasteiger partial charge on any atom is 0.273 e. The number of rotatable bonds is 9. The van der Waals surface area contributed by atoms with Crippen LogP contribution in [0.4, 0.5) is 0 Å². The molecular weight excluding hydrogens is 424 g/mol. The van der Waals surface area contributed by atoms with E-state index in [1.165, 1.54) is 11.8 Å². The van der Waals surface area contributed by atoms with Crippen LogP contribution in [-0.4, -0.2) is 51.1 Å². The van der Waals surface area contributed by atoms with Crippen LogP contribution in [0.15, 0.2) is 35.5 Å². The number of carbonyl (C=O) groups excluding carboxylic acids is 1. The number of amides is 1. The van der Waals surface area contributed by atoms with Crippen LogP contribution < -0.4 is 5.32 Å².